The van der Waals surface area contributed by atoms with Crippen LogP contribution in [0.1, 0.15) is 12.8 Å². The first-order chi connectivity index (χ1) is 27.8. The average Bonchev–Trinajstić information content (AvgIpc) is 3.91. The maximum absolute atomic E-state index is 5.26. The minimum Gasteiger partial charge on any atom is -0.309 e. The molecule has 0 radical (unpaired) electrons. The molecule has 0 fully saturated rings. The van der Waals surface area contributed by atoms with E-state index in [4.69, 9.17) is 9.97 Å². The van der Waals surface area contributed by atoms with E-state index in [-0.39, 0.29) is 0 Å². The van der Waals surface area contributed by atoms with Crippen molar-refractivity contribution in [3.05, 3.63) is 168 Å². The number of hydrogen-bond donors (Lipinski definition) is 0. The molecule has 4 heterocycles. The lowest BCUT2D eigenvalue weighted by Gasteiger charge is -2.13. The summed E-state index contributed by atoms with van der Waals surface area (Å²) in [6.07, 6.45) is 7.04. The average molecular weight is 713 g/mol. The Labute approximate surface area is 320 Å². The largest absolute Gasteiger partial charge is 0.309 e. The quantitative estimate of drug-likeness (QED) is 0.183. The molecule has 0 atom stereocenters. The molecule has 0 saturated carbocycles. The van der Waals surface area contributed by atoms with Crippen molar-refractivity contribution in [2.75, 3.05) is 0 Å². The van der Waals surface area contributed by atoms with Gasteiger partial charge in [-0.25, -0.2) is 9.97 Å². The van der Waals surface area contributed by atoms with Gasteiger partial charge in [-0.1, -0.05) is 133 Å². The SMILES string of the molecule is C1=c2c(n3c4ccc5c(c6ccc7ccccc7c6n5-c5ccc(-c6nc(-c7ccc8ccccc8c7)nc7ccccc67)cc5)c4c4cccc2c43)=CCC1. The maximum Gasteiger partial charge on any atom is 0.160 e. The smallest absolute Gasteiger partial charge is 0.160 e. The van der Waals surface area contributed by atoms with E-state index in [0.29, 0.717) is 0 Å². The van der Waals surface area contributed by atoms with Crippen LogP contribution in [0.4, 0.5) is 0 Å². The highest BCUT2D eigenvalue weighted by molar-refractivity contribution is 6.32. The lowest BCUT2D eigenvalue weighted by atomic mass is 10.0. The normalized spacial score (nSPS) is 13.1. The summed E-state index contributed by atoms with van der Waals surface area (Å²) in [6.45, 7) is 0. The molecule has 4 nitrogen and oxygen atoms in total. The van der Waals surface area contributed by atoms with Crippen LogP contribution in [0.2, 0.25) is 0 Å². The lowest BCUT2D eigenvalue weighted by molar-refractivity contribution is 1.08. The zero-order valence-corrected chi connectivity index (χ0v) is 30.4. The first kappa shape index (κ1) is 30.1. The summed E-state index contributed by atoms with van der Waals surface area (Å²) in [7, 11) is 0. The van der Waals surface area contributed by atoms with Gasteiger partial charge in [0.25, 0.3) is 0 Å². The molecular formula is C52H32N4. The summed E-state index contributed by atoms with van der Waals surface area (Å²) in [5.41, 5.74) is 10.1. The molecular weight excluding hydrogens is 681 g/mol. The van der Waals surface area contributed by atoms with E-state index in [9.17, 15) is 0 Å². The monoisotopic (exact) mass is 712 g/mol. The van der Waals surface area contributed by atoms with Crippen LogP contribution in [0.25, 0.3) is 122 Å². The highest BCUT2D eigenvalue weighted by Crippen LogP contribution is 2.44. The van der Waals surface area contributed by atoms with E-state index in [0.717, 1.165) is 52.1 Å². The molecule has 0 amide bonds. The van der Waals surface area contributed by atoms with Crippen molar-refractivity contribution in [2.45, 2.75) is 12.8 Å². The number of nitrogens with zero attached hydrogens (tertiary/aromatic N) is 4. The van der Waals surface area contributed by atoms with Crippen LogP contribution in [0.15, 0.2) is 158 Å². The van der Waals surface area contributed by atoms with E-state index in [1.807, 2.05) is 0 Å². The minimum atomic E-state index is 0.730. The van der Waals surface area contributed by atoms with Gasteiger partial charge in [0, 0.05) is 65.1 Å². The van der Waals surface area contributed by atoms with E-state index in [2.05, 4.69) is 179 Å². The van der Waals surface area contributed by atoms with Gasteiger partial charge in [-0.15, -0.1) is 0 Å². The zero-order valence-electron chi connectivity index (χ0n) is 30.4. The number of rotatable bonds is 3. The van der Waals surface area contributed by atoms with Crippen molar-refractivity contribution in [3.63, 3.8) is 0 Å². The molecule has 4 aromatic heterocycles. The number of aromatic nitrogens is 4. The highest BCUT2D eigenvalue weighted by atomic mass is 15.0. The zero-order chi connectivity index (χ0) is 36.5. The Morgan fingerprint density at radius 3 is 2.04 bits per heavy atom. The van der Waals surface area contributed by atoms with Crippen LogP contribution in [0, 0.1) is 0 Å². The molecule has 13 rings (SSSR count). The van der Waals surface area contributed by atoms with Crippen molar-refractivity contribution in [3.8, 4) is 28.3 Å². The second kappa shape index (κ2) is 11.1. The van der Waals surface area contributed by atoms with Crippen LogP contribution in [-0.2, 0) is 0 Å². The molecule has 260 valence electrons. The molecule has 8 aromatic carbocycles. The van der Waals surface area contributed by atoms with Gasteiger partial charge in [0.1, 0.15) is 0 Å². The molecule has 1 aliphatic carbocycles. The van der Waals surface area contributed by atoms with Crippen LogP contribution in [-0.4, -0.2) is 18.9 Å². The maximum atomic E-state index is 5.26. The van der Waals surface area contributed by atoms with Gasteiger partial charge in [0.2, 0.25) is 0 Å². The minimum absolute atomic E-state index is 0.730. The van der Waals surface area contributed by atoms with Crippen LogP contribution in [0.3, 0.4) is 0 Å². The molecule has 1 aliphatic rings. The lowest BCUT2D eigenvalue weighted by Crippen LogP contribution is -2.27. The van der Waals surface area contributed by atoms with Crippen molar-refractivity contribution < 1.29 is 0 Å². The second-order valence-electron chi connectivity index (χ2n) is 15.2. The Balaban J connectivity index is 1.06. The Hall–Kier alpha value is -7.30. The van der Waals surface area contributed by atoms with Gasteiger partial charge in [0.05, 0.1) is 33.3 Å². The van der Waals surface area contributed by atoms with Gasteiger partial charge in [-0.2, -0.15) is 0 Å². The molecule has 0 aliphatic heterocycles. The highest BCUT2D eigenvalue weighted by Gasteiger charge is 2.23. The molecule has 0 N–H and O–H groups in total. The summed E-state index contributed by atoms with van der Waals surface area (Å²) in [6, 6.07) is 57.3. The Kier molecular flexibility index (Phi) is 5.97. The summed E-state index contributed by atoms with van der Waals surface area (Å²) >= 11 is 0. The second-order valence-corrected chi connectivity index (χ2v) is 15.2. The third-order valence-corrected chi connectivity index (χ3v) is 12.2. The third kappa shape index (κ3) is 4.02. The predicted octanol–water partition coefficient (Wildman–Crippen LogP) is 11.7. The molecule has 12 aromatic rings. The first-order valence-electron chi connectivity index (χ1n) is 19.5. The van der Waals surface area contributed by atoms with Gasteiger partial charge in [0.15, 0.2) is 5.82 Å². The number of hydrogen-bond acceptors (Lipinski definition) is 2. The number of para-hydroxylation sites is 2. The Morgan fingerprint density at radius 1 is 0.446 bits per heavy atom. The number of benzene rings is 8. The predicted molar refractivity (Wildman–Crippen MR) is 234 cm³/mol. The van der Waals surface area contributed by atoms with Crippen LogP contribution < -0.4 is 10.6 Å². The van der Waals surface area contributed by atoms with Crippen LogP contribution in [0.5, 0.6) is 0 Å². The fourth-order valence-corrected chi connectivity index (χ4v) is 9.80. The van der Waals surface area contributed by atoms with E-state index >= 15 is 0 Å². The van der Waals surface area contributed by atoms with E-state index in [1.165, 1.54) is 81.1 Å². The summed E-state index contributed by atoms with van der Waals surface area (Å²) in [5.74, 6) is 0.730. The van der Waals surface area contributed by atoms with Crippen molar-refractivity contribution in [2.24, 2.45) is 0 Å². The van der Waals surface area contributed by atoms with E-state index in [1.54, 1.807) is 0 Å². The van der Waals surface area contributed by atoms with Gasteiger partial charge in [-0.3, -0.25) is 0 Å². The standard InChI is InChI=1S/C52H32N4/c1-2-12-34-30-35(21-20-31(34)10-1)52-53-43-18-7-5-15-40(43)49(54-52)33-22-25-36(26-23-33)55-45-28-29-46-47(48(45)42-27-24-32-11-3-4-13-37(32)50(42)55)41-17-9-16-39-38-14-6-8-19-44(38)56(46)51(39)41/h1-5,7,9-30H,6,8H2. The molecule has 56 heavy (non-hydrogen) atoms. The van der Waals surface area contributed by atoms with Crippen molar-refractivity contribution >= 4 is 93.6 Å². The third-order valence-electron chi connectivity index (χ3n) is 12.2. The topological polar surface area (TPSA) is 35.1 Å². The van der Waals surface area contributed by atoms with Gasteiger partial charge < -0.3 is 8.97 Å². The van der Waals surface area contributed by atoms with E-state index < -0.39 is 0 Å². The van der Waals surface area contributed by atoms with Crippen molar-refractivity contribution in [1.82, 2.24) is 18.9 Å². The summed E-state index contributed by atoms with van der Waals surface area (Å²) in [4.78, 5) is 10.3. The van der Waals surface area contributed by atoms with Crippen molar-refractivity contribution in [1.29, 1.82) is 0 Å². The molecule has 0 spiro atoms. The van der Waals surface area contributed by atoms with Gasteiger partial charge in [-0.05, 0) is 65.4 Å². The molecule has 0 unspecified atom stereocenters. The fraction of sp³-hybridized carbons (Fsp3) is 0.0385. The fourth-order valence-electron chi connectivity index (χ4n) is 9.80. The van der Waals surface area contributed by atoms with Gasteiger partial charge >= 0.3 is 0 Å². The Bertz CT molecular complexity index is 3750. The molecule has 0 saturated heterocycles. The number of fused-ring (bicyclic) bond motifs is 14. The van der Waals surface area contributed by atoms with Crippen LogP contribution >= 0.6 is 0 Å². The summed E-state index contributed by atoms with van der Waals surface area (Å²) in [5, 5.41) is 15.2. The molecule has 0 bridgehead atoms. The Morgan fingerprint density at radius 2 is 1.12 bits per heavy atom. The summed E-state index contributed by atoms with van der Waals surface area (Å²) < 4.78 is 5.01. The molecule has 4 heteroatoms. The first-order valence-corrected chi connectivity index (χ1v) is 19.5.